The third-order valence-corrected chi connectivity index (χ3v) is 3.42. The Morgan fingerprint density at radius 1 is 1.24 bits per heavy atom. The maximum absolute atomic E-state index is 10.7. The van der Waals surface area contributed by atoms with Gasteiger partial charge in [-0.2, -0.15) is 0 Å². The van der Waals surface area contributed by atoms with E-state index in [0.717, 1.165) is 15.7 Å². The standard InChI is InChI=1S/C16H14BrNO3/c1-11(16(19)20)21-13-8-6-12(7-9-13)10-18-15-5-3-2-4-14(15)17/h2-11H,1H3,(H,19,20)/t11-/m1/s1. The van der Waals surface area contributed by atoms with E-state index in [4.69, 9.17) is 9.84 Å². The van der Waals surface area contributed by atoms with E-state index in [-0.39, 0.29) is 0 Å². The predicted molar refractivity (Wildman–Crippen MR) is 85.6 cm³/mol. The lowest BCUT2D eigenvalue weighted by Crippen LogP contribution is -2.22. The Kier molecular flexibility index (Phi) is 5.11. The second-order valence-electron chi connectivity index (χ2n) is 4.38. The summed E-state index contributed by atoms with van der Waals surface area (Å²) in [6, 6.07) is 14.8. The zero-order valence-electron chi connectivity index (χ0n) is 11.4. The molecule has 0 bridgehead atoms. The summed E-state index contributed by atoms with van der Waals surface area (Å²) in [5.74, 6) is -0.475. The van der Waals surface area contributed by atoms with Gasteiger partial charge in [-0.1, -0.05) is 12.1 Å². The fourth-order valence-corrected chi connectivity index (χ4v) is 1.97. The Balaban J connectivity index is 2.06. The van der Waals surface area contributed by atoms with Crippen LogP contribution in [0.4, 0.5) is 5.69 Å². The van der Waals surface area contributed by atoms with Gasteiger partial charge in [-0.05, 0) is 64.8 Å². The van der Waals surface area contributed by atoms with Gasteiger partial charge < -0.3 is 9.84 Å². The molecule has 0 spiro atoms. The van der Waals surface area contributed by atoms with Gasteiger partial charge in [-0.15, -0.1) is 0 Å². The number of para-hydroxylation sites is 1. The molecule has 108 valence electrons. The van der Waals surface area contributed by atoms with Gasteiger partial charge in [0.2, 0.25) is 0 Å². The molecule has 0 fully saturated rings. The maximum Gasteiger partial charge on any atom is 0.344 e. The van der Waals surface area contributed by atoms with Gasteiger partial charge in [0, 0.05) is 10.7 Å². The van der Waals surface area contributed by atoms with Gasteiger partial charge in [0.25, 0.3) is 0 Å². The van der Waals surface area contributed by atoms with Crippen LogP contribution in [0.3, 0.4) is 0 Å². The van der Waals surface area contributed by atoms with Crippen molar-refractivity contribution in [2.75, 3.05) is 0 Å². The second-order valence-corrected chi connectivity index (χ2v) is 5.23. The minimum Gasteiger partial charge on any atom is -0.479 e. The van der Waals surface area contributed by atoms with E-state index in [0.29, 0.717) is 5.75 Å². The summed E-state index contributed by atoms with van der Waals surface area (Å²) in [5.41, 5.74) is 1.75. The van der Waals surface area contributed by atoms with Crippen LogP contribution in [-0.4, -0.2) is 23.4 Å². The molecule has 0 saturated heterocycles. The number of aliphatic imine (C=N–C) groups is 1. The zero-order chi connectivity index (χ0) is 15.2. The van der Waals surface area contributed by atoms with E-state index < -0.39 is 12.1 Å². The van der Waals surface area contributed by atoms with Crippen LogP contribution < -0.4 is 4.74 Å². The molecule has 4 nitrogen and oxygen atoms in total. The van der Waals surface area contributed by atoms with Crippen LogP contribution in [0.25, 0.3) is 0 Å². The molecule has 0 saturated carbocycles. The molecular formula is C16H14BrNO3. The van der Waals surface area contributed by atoms with Crippen molar-refractivity contribution in [1.29, 1.82) is 0 Å². The van der Waals surface area contributed by atoms with Crippen molar-refractivity contribution < 1.29 is 14.6 Å². The monoisotopic (exact) mass is 347 g/mol. The van der Waals surface area contributed by atoms with Crippen molar-refractivity contribution in [3.8, 4) is 5.75 Å². The number of aliphatic carboxylic acids is 1. The van der Waals surface area contributed by atoms with E-state index in [1.165, 1.54) is 6.92 Å². The Bertz CT molecular complexity index is 653. The second kappa shape index (κ2) is 7.04. The van der Waals surface area contributed by atoms with Crippen molar-refractivity contribution >= 4 is 33.8 Å². The smallest absolute Gasteiger partial charge is 0.344 e. The van der Waals surface area contributed by atoms with Crippen molar-refractivity contribution in [2.45, 2.75) is 13.0 Å². The fraction of sp³-hybridized carbons (Fsp3) is 0.125. The quantitative estimate of drug-likeness (QED) is 0.830. The first-order chi connectivity index (χ1) is 10.1. The number of nitrogens with zero attached hydrogens (tertiary/aromatic N) is 1. The van der Waals surface area contributed by atoms with Crippen LogP contribution in [0, 0.1) is 0 Å². The molecule has 0 heterocycles. The van der Waals surface area contributed by atoms with E-state index >= 15 is 0 Å². The van der Waals surface area contributed by atoms with Gasteiger partial charge in [0.15, 0.2) is 6.10 Å². The zero-order valence-corrected chi connectivity index (χ0v) is 12.9. The Morgan fingerprint density at radius 3 is 2.52 bits per heavy atom. The first-order valence-corrected chi connectivity index (χ1v) is 7.13. The summed E-state index contributed by atoms with van der Waals surface area (Å²) in [7, 11) is 0. The molecule has 0 aromatic heterocycles. The third kappa shape index (κ3) is 4.43. The largest absolute Gasteiger partial charge is 0.479 e. The summed E-state index contributed by atoms with van der Waals surface area (Å²) in [4.78, 5) is 15.1. The van der Waals surface area contributed by atoms with Gasteiger partial charge in [0.1, 0.15) is 5.75 Å². The predicted octanol–water partition coefficient (Wildman–Crippen LogP) is 4.05. The average Bonchev–Trinajstić information content (AvgIpc) is 2.48. The number of carbonyl (C=O) groups is 1. The molecule has 0 unspecified atom stereocenters. The lowest BCUT2D eigenvalue weighted by molar-refractivity contribution is -0.144. The Hall–Kier alpha value is -2.14. The average molecular weight is 348 g/mol. The number of rotatable bonds is 5. The highest BCUT2D eigenvalue weighted by molar-refractivity contribution is 9.10. The van der Waals surface area contributed by atoms with Gasteiger partial charge >= 0.3 is 5.97 Å². The molecule has 0 aliphatic heterocycles. The first-order valence-electron chi connectivity index (χ1n) is 6.34. The molecule has 0 aliphatic carbocycles. The maximum atomic E-state index is 10.7. The normalized spacial score (nSPS) is 12.3. The summed E-state index contributed by atoms with van der Waals surface area (Å²) in [5, 5.41) is 8.78. The van der Waals surface area contributed by atoms with E-state index in [9.17, 15) is 4.79 Å². The molecule has 1 atom stereocenters. The molecule has 2 aromatic rings. The van der Waals surface area contributed by atoms with Crippen molar-refractivity contribution in [2.24, 2.45) is 4.99 Å². The summed E-state index contributed by atoms with van der Waals surface area (Å²) >= 11 is 3.43. The molecule has 0 radical (unpaired) electrons. The highest BCUT2D eigenvalue weighted by Gasteiger charge is 2.11. The van der Waals surface area contributed by atoms with E-state index in [1.54, 1.807) is 18.3 Å². The molecule has 2 rings (SSSR count). The SMILES string of the molecule is C[C@@H](Oc1ccc(C=Nc2ccccc2Br)cc1)C(=O)O. The minimum absolute atomic E-state index is 0.517. The number of hydrogen-bond acceptors (Lipinski definition) is 3. The number of carboxylic acids is 1. The van der Waals surface area contributed by atoms with Gasteiger partial charge in [-0.3, -0.25) is 4.99 Å². The Labute approximate surface area is 131 Å². The number of halogens is 1. The van der Waals surface area contributed by atoms with Crippen LogP contribution in [0.5, 0.6) is 5.75 Å². The highest BCUT2D eigenvalue weighted by atomic mass is 79.9. The number of ether oxygens (including phenoxy) is 1. The first kappa shape index (κ1) is 15.3. The summed E-state index contributed by atoms with van der Waals surface area (Å²) < 4.78 is 6.19. The topological polar surface area (TPSA) is 58.9 Å². The van der Waals surface area contributed by atoms with E-state index in [1.807, 2.05) is 36.4 Å². The lowest BCUT2D eigenvalue weighted by Gasteiger charge is -2.09. The Morgan fingerprint density at radius 2 is 1.90 bits per heavy atom. The van der Waals surface area contributed by atoms with Crippen molar-refractivity contribution in [3.63, 3.8) is 0 Å². The van der Waals surface area contributed by atoms with Crippen molar-refractivity contribution in [1.82, 2.24) is 0 Å². The highest BCUT2D eigenvalue weighted by Crippen LogP contribution is 2.24. The molecular weight excluding hydrogens is 334 g/mol. The van der Waals surface area contributed by atoms with Crippen LogP contribution >= 0.6 is 15.9 Å². The minimum atomic E-state index is -0.991. The molecule has 0 aliphatic rings. The van der Waals surface area contributed by atoms with Crippen molar-refractivity contribution in [3.05, 3.63) is 58.6 Å². The van der Waals surface area contributed by atoms with Crippen LogP contribution in [-0.2, 0) is 4.79 Å². The third-order valence-electron chi connectivity index (χ3n) is 2.75. The molecule has 5 heteroatoms. The molecule has 21 heavy (non-hydrogen) atoms. The molecule has 0 amide bonds. The molecule has 1 N–H and O–H groups in total. The number of carboxylic acid groups (broad SMARTS) is 1. The summed E-state index contributed by atoms with van der Waals surface area (Å²) in [6.07, 6.45) is 0.870. The van der Waals surface area contributed by atoms with Crippen LogP contribution in [0.15, 0.2) is 58.0 Å². The fourth-order valence-electron chi connectivity index (χ4n) is 1.59. The van der Waals surface area contributed by atoms with Crippen LogP contribution in [0.2, 0.25) is 0 Å². The van der Waals surface area contributed by atoms with Crippen LogP contribution in [0.1, 0.15) is 12.5 Å². The molecule has 2 aromatic carbocycles. The number of hydrogen-bond donors (Lipinski definition) is 1. The lowest BCUT2D eigenvalue weighted by atomic mass is 10.2. The van der Waals surface area contributed by atoms with Gasteiger partial charge in [-0.25, -0.2) is 4.79 Å². The number of benzene rings is 2. The van der Waals surface area contributed by atoms with E-state index in [2.05, 4.69) is 20.9 Å². The van der Waals surface area contributed by atoms with Gasteiger partial charge in [0.05, 0.1) is 5.69 Å². The summed E-state index contributed by atoms with van der Waals surface area (Å²) in [6.45, 7) is 1.49.